The lowest BCUT2D eigenvalue weighted by Gasteiger charge is -2.29. The molecule has 0 radical (unpaired) electrons. The summed E-state index contributed by atoms with van der Waals surface area (Å²) in [7, 11) is 0. The Morgan fingerprint density at radius 1 is 1.57 bits per heavy atom. The van der Waals surface area contributed by atoms with Crippen molar-refractivity contribution in [3.05, 3.63) is 0 Å². The molecule has 2 fully saturated rings. The van der Waals surface area contributed by atoms with Crippen LogP contribution in [-0.4, -0.2) is 41.7 Å². The molecule has 0 aromatic heterocycles. The quantitative estimate of drug-likeness (QED) is 0.774. The molecule has 4 heteroatoms. The van der Waals surface area contributed by atoms with Gasteiger partial charge in [0, 0.05) is 18.3 Å². The Morgan fingerprint density at radius 2 is 2.43 bits per heavy atom. The van der Waals surface area contributed by atoms with Gasteiger partial charge in [-0.2, -0.15) is 11.8 Å². The lowest BCUT2D eigenvalue weighted by molar-refractivity contribution is -0.186. The van der Waals surface area contributed by atoms with Gasteiger partial charge in [0.05, 0.1) is 12.7 Å². The second kappa shape index (κ2) is 4.39. The van der Waals surface area contributed by atoms with Gasteiger partial charge >= 0.3 is 0 Å². The molecule has 82 valence electrons. The Balaban J connectivity index is 1.90. The highest BCUT2D eigenvalue weighted by atomic mass is 32.2. The van der Waals surface area contributed by atoms with Crippen LogP contribution in [0, 0.1) is 5.92 Å². The average Bonchev–Trinajstić information content (AvgIpc) is 2.75. The molecule has 0 saturated carbocycles. The summed E-state index contributed by atoms with van der Waals surface area (Å²) in [4.78, 5) is 0. The molecule has 0 bridgehead atoms. The van der Waals surface area contributed by atoms with Gasteiger partial charge in [0.25, 0.3) is 0 Å². The molecule has 0 spiro atoms. The molecule has 0 amide bonds. The van der Waals surface area contributed by atoms with Crippen molar-refractivity contribution in [2.45, 2.75) is 31.7 Å². The summed E-state index contributed by atoms with van der Waals surface area (Å²) in [6, 6.07) is 0. The van der Waals surface area contributed by atoms with Crippen molar-refractivity contribution in [1.82, 2.24) is 0 Å². The van der Waals surface area contributed by atoms with E-state index in [0.717, 1.165) is 5.75 Å². The molecular formula is C10H18O3S. The zero-order valence-electron chi connectivity index (χ0n) is 8.57. The predicted octanol–water partition coefficient (Wildman–Crippen LogP) is 1.25. The van der Waals surface area contributed by atoms with Crippen LogP contribution in [0.4, 0.5) is 0 Å². The minimum atomic E-state index is -0.386. The maximum Gasteiger partial charge on any atom is 0.169 e. The first-order valence-corrected chi connectivity index (χ1v) is 6.40. The number of aliphatic hydroxyl groups excluding tert-OH is 1. The summed E-state index contributed by atoms with van der Waals surface area (Å²) >= 11 is 1.97. The molecule has 2 saturated heterocycles. The molecule has 3 unspecified atom stereocenters. The summed E-state index contributed by atoms with van der Waals surface area (Å²) in [5.74, 6) is 2.50. The Hall–Kier alpha value is 0.230. The number of thioether (sulfide) groups is 1. The summed E-state index contributed by atoms with van der Waals surface area (Å²) in [6.45, 7) is 2.86. The van der Waals surface area contributed by atoms with E-state index in [1.54, 1.807) is 0 Å². The van der Waals surface area contributed by atoms with Gasteiger partial charge < -0.3 is 14.6 Å². The number of hydrogen-bond donors (Lipinski definition) is 1. The molecule has 0 aliphatic carbocycles. The molecule has 2 aliphatic heterocycles. The maximum absolute atomic E-state index is 8.82. The fourth-order valence-corrected chi connectivity index (χ4v) is 3.48. The normalized spacial score (nSPS) is 43.3. The largest absolute Gasteiger partial charge is 0.396 e. The topological polar surface area (TPSA) is 38.7 Å². The van der Waals surface area contributed by atoms with E-state index in [0.29, 0.717) is 18.9 Å². The molecular weight excluding hydrogens is 200 g/mol. The van der Waals surface area contributed by atoms with Crippen LogP contribution in [-0.2, 0) is 9.47 Å². The standard InChI is InChI=1S/C10H18O3S/c1-10(8-3-5-14-7-8)12-6-9(13-10)2-4-11/h8-9,11H,2-7H2,1H3. The first kappa shape index (κ1) is 10.7. The minimum Gasteiger partial charge on any atom is -0.396 e. The van der Waals surface area contributed by atoms with Crippen LogP contribution in [0.1, 0.15) is 19.8 Å². The highest BCUT2D eigenvalue weighted by Gasteiger charge is 2.44. The van der Waals surface area contributed by atoms with E-state index in [4.69, 9.17) is 14.6 Å². The molecule has 0 aromatic rings. The molecule has 2 rings (SSSR count). The van der Waals surface area contributed by atoms with Crippen LogP contribution < -0.4 is 0 Å². The van der Waals surface area contributed by atoms with Crippen LogP contribution in [0.2, 0.25) is 0 Å². The van der Waals surface area contributed by atoms with Crippen molar-refractivity contribution >= 4 is 11.8 Å². The number of ether oxygens (including phenoxy) is 2. The Kier molecular flexibility index (Phi) is 3.37. The van der Waals surface area contributed by atoms with E-state index >= 15 is 0 Å². The highest BCUT2D eigenvalue weighted by molar-refractivity contribution is 7.99. The van der Waals surface area contributed by atoms with Crippen molar-refractivity contribution in [3.63, 3.8) is 0 Å². The number of aliphatic hydroxyl groups is 1. The molecule has 0 aromatic carbocycles. The number of rotatable bonds is 3. The summed E-state index contributed by atoms with van der Waals surface area (Å²) in [6.07, 6.45) is 1.97. The van der Waals surface area contributed by atoms with Crippen LogP contribution in [0.3, 0.4) is 0 Å². The van der Waals surface area contributed by atoms with Gasteiger partial charge in [-0.05, 0) is 25.5 Å². The van der Waals surface area contributed by atoms with Crippen molar-refractivity contribution in [3.8, 4) is 0 Å². The van der Waals surface area contributed by atoms with Crippen LogP contribution >= 0.6 is 11.8 Å². The van der Waals surface area contributed by atoms with E-state index in [1.165, 1.54) is 12.2 Å². The van der Waals surface area contributed by atoms with E-state index < -0.39 is 0 Å². The van der Waals surface area contributed by atoms with Crippen molar-refractivity contribution < 1.29 is 14.6 Å². The lowest BCUT2D eigenvalue weighted by atomic mass is 10.00. The van der Waals surface area contributed by atoms with Gasteiger partial charge in [-0.1, -0.05) is 0 Å². The molecule has 3 atom stereocenters. The van der Waals surface area contributed by atoms with Crippen molar-refractivity contribution in [2.24, 2.45) is 5.92 Å². The van der Waals surface area contributed by atoms with Crippen LogP contribution in [0.25, 0.3) is 0 Å². The van der Waals surface area contributed by atoms with Gasteiger partial charge in [0.1, 0.15) is 0 Å². The van der Waals surface area contributed by atoms with Crippen molar-refractivity contribution in [1.29, 1.82) is 0 Å². The predicted molar refractivity (Wildman–Crippen MR) is 56.4 cm³/mol. The summed E-state index contributed by atoms with van der Waals surface area (Å²) in [5.41, 5.74) is 0. The van der Waals surface area contributed by atoms with E-state index in [1.807, 2.05) is 18.7 Å². The summed E-state index contributed by atoms with van der Waals surface area (Å²) < 4.78 is 11.6. The second-order valence-corrected chi connectivity index (χ2v) is 5.29. The fraction of sp³-hybridized carbons (Fsp3) is 1.00. The van der Waals surface area contributed by atoms with Crippen molar-refractivity contribution in [2.75, 3.05) is 24.7 Å². The molecule has 2 aliphatic rings. The van der Waals surface area contributed by atoms with E-state index in [-0.39, 0.29) is 18.5 Å². The Bertz CT molecular complexity index is 194. The van der Waals surface area contributed by atoms with Gasteiger partial charge in [-0.15, -0.1) is 0 Å². The molecule has 2 heterocycles. The first-order valence-electron chi connectivity index (χ1n) is 5.25. The van der Waals surface area contributed by atoms with Gasteiger partial charge in [-0.3, -0.25) is 0 Å². The fourth-order valence-electron chi connectivity index (χ4n) is 2.11. The van der Waals surface area contributed by atoms with E-state index in [9.17, 15) is 0 Å². The van der Waals surface area contributed by atoms with Crippen LogP contribution in [0.15, 0.2) is 0 Å². The van der Waals surface area contributed by atoms with Gasteiger partial charge in [0.15, 0.2) is 5.79 Å². The molecule has 14 heavy (non-hydrogen) atoms. The van der Waals surface area contributed by atoms with Gasteiger partial charge in [0.2, 0.25) is 0 Å². The third-order valence-corrected chi connectivity index (χ3v) is 4.24. The Morgan fingerprint density at radius 3 is 3.07 bits per heavy atom. The highest BCUT2D eigenvalue weighted by Crippen LogP contribution is 2.39. The SMILES string of the molecule is CC1(C2CCSC2)OCC(CCO)O1. The minimum absolute atomic E-state index is 0.0931. The van der Waals surface area contributed by atoms with E-state index in [2.05, 4.69) is 0 Å². The smallest absolute Gasteiger partial charge is 0.169 e. The third kappa shape index (κ3) is 2.08. The molecule has 3 nitrogen and oxygen atoms in total. The van der Waals surface area contributed by atoms with Crippen LogP contribution in [0.5, 0.6) is 0 Å². The molecule has 1 N–H and O–H groups in total. The number of hydrogen-bond acceptors (Lipinski definition) is 4. The lowest BCUT2D eigenvalue weighted by Crippen LogP contribution is -2.36. The average molecular weight is 218 g/mol. The monoisotopic (exact) mass is 218 g/mol. The Labute approximate surface area is 89.2 Å². The third-order valence-electron chi connectivity index (χ3n) is 3.08. The zero-order chi connectivity index (χ0) is 10.0. The zero-order valence-corrected chi connectivity index (χ0v) is 9.39. The first-order chi connectivity index (χ1) is 6.74. The summed E-state index contributed by atoms with van der Waals surface area (Å²) in [5, 5.41) is 8.82. The van der Waals surface area contributed by atoms with Gasteiger partial charge in [-0.25, -0.2) is 0 Å². The maximum atomic E-state index is 8.82. The second-order valence-electron chi connectivity index (χ2n) is 4.14.